The first-order valence-electron chi connectivity index (χ1n) is 6.40. The van der Waals surface area contributed by atoms with E-state index in [4.69, 9.17) is 33.0 Å². The Bertz CT molecular complexity index is 729. The Morgan fingerprint density at radius 2 is 2.09 bits per heavy atom. The van der Waals surface area contributed by atoms with Crippen molar-refractivity contribution >= 4 is 41.1 Å². The number of benzene rings is 2. The van der Waals surface area contributed by atoms with Crippen molar-refractivity contribution in [1.29, 1.82) is 0 Å². The smallest absolute Gasteiger partial charge is 0.341 e. The monoisotopic (exact) mass is 337 g/mol. The second-order valence-corrected chi connectivity index (χ2v) is 5.35. The number of aliphatic imine (C=N–C) groups is 1. The molecule has 0 amide bonds. The molecule has 2 aromatic carbocycles. The molecule has 0 aliphatic heterocycles. The first kappa shape index (κ1) is 16.3. The van der Waals surface area contributed by atoms with Crippen LogP contribution < -0.4 is 4.74 Å². The van der Waals surface area contributed by atoms with Gasteiger partial charge in [0.2, 0.25) is 0 Å². The van der Waals surface area contributed by atoms with Crippen LogP contribution >= 0.6 is 23.2 Å². The molecule has 1 N–H and O–H groups in total. The van der Waals surface area contributed by atoms with Crippen LogP contribution in [0.4, 0.5) is 5.69 Å². The Hall–Kier alpha value is -2.04. The van der Waals surface area contributed by atoms with Crippen molar-refractivity contribution in [2.45, 2.75) is 6.92 Å². The van der Waals surface area contributed by atoms with Crippen LogP contribution in [0.2, 0.25) is 10.0 Å². The molecule has 2 aromatic rings. The normalized spacial score (nSPS) is 10.9. The molecule has 0 atom stereocenters. The molecule has 0 aliphatic rings. The van der Waals surface area contributed by atoms with Gasteiger partial charge in [0.15, 0.2) is 6.61 Å². The average molecular weight is 338 g/mol. The van der Waals surface area contributed by atoms with Crippen molar-refractivity contribution in [3.63, 3.8) is 0 Å². The Morgan fingerprint density at radius 3 is 2.82 bits per heavy atom. The Morgan fingerprint density at radius 1 is 1.32 bits per heavy atom. The summed E-state index contributed by atoms with van der Waals surface area (Å²) in [5.74, 6) is -0.654. The molecule has 0 fully saturated rings. The molecule has 0 unspecified atom stereocenters. The zero-order valence-electron chi connectivity index (χ0n) is 11.7. The van der Waals surface area contributed by atoms with Gasteiger partial charge >= 0.3 is 5.97 Å². The maximum Gasteiger partial charge on any atom is 0.341 e. The zero-order chi connectivity index (χ0) is 16.1. The third-order valence-corrected chi connectivity index (χ3v) is 3.55. The molecule has 22 heavy (non-hydrogen) atoms. The van der Waals surface area contributed by atoms with E-state index < -0.39 is 12.6 Å². The molecule has 0 spiro atoms. The van der Waals surface area contributed by atoms with E-state index in [1.54, 1.807) is 30.5 Å². The molecular formula is C16H13Cl2NO3. The lowest BCUT2D eigenvalue weighted by Gasteiger charge is -2.07. The Balaban J connectivity index is 2.31. The number of hydrogen-bond donors (Lipinski definition) is 1. The maximum atomic E-state index is 10.6. The van der Waals surface area contributed by atoms with Gasteiger partial charge in [0.1, 0.15) is 5.75 Å². The summed E-state index contributed by atoms with van der Waals surface area (Å²) < 4.78 is 5.22. The molecule has 114 valence electrons. The average Bonchev–Trinajstić information content (AvgIpc) is 2.47. The van der Waals surface area contributed by atoms with Crippen molar-refractivity contribution in [3.8, 4) is 5.75 Å². The van der Waals surface area contributed by atoms with E-state index in [2.05, 4.69) is 4.99 Å². The van der Waals surface area contributed by atoms with Gasteiger partial charge in [-0.25, -0.2) is 4.79 Å². The van der Waals surface area contributed by atoms with Crippen LogP contribution in [0, 0.1) is 6.92 Å². The van der Waals surface area contributed by atoms with E-state index in [-0.39, 0.29) is 0 Å². The van der Waals surface area contributed by atoms with Gasteiger partial charge in [0.25, 0.3) is 0 Å². The van der Waals surface area contributed by atoms with Crippen molar-refractivity contribution in [2.75, 3.05) is 6.61 Å². The van der Waals surface area contributed by atoms with Gasteiger partial charge in [-0.2, -0.15) is 0 Å². The van der Waals surface area contributed by atoms with E-state index in [0.29, 0.717) is 21.4 Å². The van der Waals surface area contributed by atoms with Crippen LogP contribution in [-0.2, 0) is 4.79 Å². The van der Waals surface area contributed by atoms with Crippen LogP contribution in [-0.4, -0.2) is 23.9 Å². The number of aliphatic carboxylic acids is 1. The molecule has 0 heterocycles. The summed E-state index contributed by atoms with van der Waals surface area (Å²) in [7, 11) is 0. The summed E-state index contributed by atoms with van der Waals surface area (Å²) in [5.41, 5.74) is 2.17. The largest absolute Gasteiger partial charge is 0.481 e. The Kier molecular flexibility index (Phi) is 5.41. The maximum absolute atomic E-state index is 10.6. The molecule has 0 bridgehead atoms. The molecular weight excluding hydrogens is 325 g/mol. The third-order valence-electron chi connectivity index (χ3n) is 2.90. The van der Waals surface area contributed by atoms with E-state index in [1.165, 1.54) is 0 Å². The van der Waals surface area contributed by atoms with Gasteiger partial charge < -0.3 is 9.84 Å². The highest BCUT2D eigenvalue weighted by Gasteiger charge is 2.06. The fourth-order valence-electron chi connectivity index (χ4n) is 1.77. The minimum atomic E-state index is -1.05. The van der Waals surface area contributed by atoms with Crippen LogP contribution in [0.3, 0.4) is 0 Å². The fraction of sp³-hybridized carbons (Fsp3) is 0.125. The van der Waals surface area contributed by atoms with Gasteiger partial charge in [-0.05, 0) is 42.8 Å². The second-order valence-electron chi connectivity index (χ2n) is 4.51. The van der Waals surface area contributed by atoms with Crippen LogP contribution in [0.25, 0.3) is 0 Å². The number of carbonyl (C=O) groups is 1. The molecule has 6 heteroatoms. The lowest BCUT2D eigenvalue weighted by Crippen LogP contribution is -2.10. The van der Waals surface area contributed by atoms with Crippen LogP contribution in [0.1, 0.15) is 11.1 Å². The van der Waals surface area contributed by atoms with Crippen LogP contribution in [0.5, 0.6) is 5.75 Å². The van der Waals surface area contributed by atoms with E-state index in [0.717, 1.165) is 11.3 Å². The number of hydrogen-bond acceptors (Lipinski definition) is 3. The highest BCUT2D eigenvalue weighted by atomic mass is 35.5. The number of halogens is 2. The molecule has 2 rings (SSSR count). The summed E-state index contributed by atoms with van der Waals surface area (Å²) >= 11 is 12.0. The predicted molar refractivity (Wildman–Crippen MR) is 88.0 cm³/mol. The molecule has 0 saturated heterocycles. The summed E-state index contributed by atoms with van der Waals surface area (Å²) in [4.78, 5) is 15.0. The minimum Gasteiger partial charge on any atom is -0.481 e. The van der Waals surface area contributed by atoms with Gasteiger partial charge in [-0.3, -0.25) is 4.99 Å². The summed E-state index contributed by atoms with van der Waals surface area (Å²) in [6.45, 7) is 1.44. The number of carboxylic acids is 1. The van der Waals surface area contributed by atoms with Crippen molar-refractivity contribution in [3.05, 3.63) is 57.6 Å². The number of ether oxygens (including phenoxy) is 1. The van der Waals surface area contributed by atoms with E-state index >= 15 is 0 Å². The standard InChI is InChI=1S/C16H13Cl2NO3/c1-10-13(18)3-2-4-14(10)19-8-11-7-12(17)5-6-15(11)22-9-16(20)21/h2-8H,9H2,1H3,(H,20,21). The fourth-order valence-corrected chi connectivity index (χ4v) is 2.12. The van der Waals surface area contributed by atoms with Gasteiger partial charge in [-0.15, -0.1) is 0 Å². The molecule has 0 aromatic heterocycles. The number of carboxylic acid groups (broad SMARTS) is 1. The highest BCUT2D eigenvalue weighted by Crippen LogP contribution is 2.27. The van der Waals surface area contributed by atoms with Gasteiger partial charge in [0.05, 0.1) is 5.69 Å². The lowest BCUT2D eigenvalue weighted by atomic mass is 10.2. The lowest BCUT2D eigenvalue weighted by molar-refractivity contribution is -0.139. The topological polar surface area (TPSA) is 58.9 Å². The van der Waals surface area contributed by atoms with Gasteiger partial charge in [-0.1, -0.05) is 29.3 Å². The quantitative estimate of drug-likeness (QED) is 0.816. The summed E-state index contributed by atoms with van der Waals surface area (Å²) in [6, 6.07) is 10.3. The highest BCUT2D eigenvalue weighted by molar-refractivity contribution is 6.31. The van der Waals surface area contributed by atoms with Crippen LogP contribution in [0.15, 0.2) is 41.4 Å². The predicted octanol–water partition coefficient (Wildman–Crippen LogP) is 4.52. The SMILES string of the molecule is Cc1c(Cl)cccc1N=Cc1cc(Cl)ccc1OCC(=O)O. The van der Waals surface area contributed by atoms with Crippen molar-refractivity contribution < 1.29 is 14.6 Å². The van der Waals surface area contributed by atoms with E-state index in [1.807, 2.05) is 19.1 Å². The first-order valence-corrected chi connectivity index (χ1v) is 7.16. The third kappa shape index (κ3) is 4.23. The summed E-state index contributed by atoms with van der Waals surface area (Å²) in [6.07, 6.45) is 1.57. The first-order chi connectivity index (χ1) is 10.5. The second kappa shape index (κ2) is 7.29. The summed E-state index contributed by atoms with van der Waals surface area (Å²) in [5, 5.41) is 9.83. The number of nitrogens with zero attached hydrogens (tertiary/aromatic N) is 1. The van der Waals surface area contributed by atoms with Crippen molar-refractivity contribution in [1.82, 2.24) is 0 Å². The Labute approximate surface area is 138 Å². The molecule has 4 nitrogen and oxygen atoms in total. The molecule has 0 radical (unpaired) electrons. The van der Waals surface area contributed by atoms with Gasteiger partial charge in [0, 0.05) is 21.8 Å². The van der Waals surface area contributed by atoms with Crippen molar-refractivity contribution in [2.24, 2.45) is 4.99 Å². The zero-order valence-corrected chi connectivity index (χ0v) is 13.2. The molecule has 0 saturated carbocycles. The minimum absolute atomic E-state index is 0.398. The number of rotatable bonds is 5. The molecule has 0 aliphatic carbocycles. The van der Waals surface area contributed by atoms with E-state index in [9.17, 15) is 4.79 Å².